The molecule has 0 aromatic carbocycles. The van der Waals surface area contributed by atoms with E-state index in [1.165, 1.54) is 0 Å². The molecule has 0 fully saturated rings. The highest BCUT2D eigenvalue weighted by atomic mass is 16.4. The number of aliphatic carboxylic acids is 1. The van der Waals surface area contributed by atoms with E-state index in [2.05, 4.69) is 0 Å². The van der Waals surface area contributed by atoms with Crippen LogP contribution in [0.2, 0.25) is 0 Å². The van der Waals surface area contributed by atoms with Crippen LogP contribution in [0.1, 0.15) is 0 Å². The lowest BCUT2D eigenvalue weighted by Gasteiger charge is -2.14. The summed E-state index contributed by atoms with van der Waals surface area (Å²) in [5, 5.41) is 8.17. The Morgan fingerprint density at radius 1 is 1.25 bits per heavy atom. The van der Waals surface area contributed by atoms with Gasteiger partial charge in [0.25, 0.3) is 0 Å². The van der Waals surface area contributed by atoms with E-state index in [-0.39, 0.29) is 13.3 Å². The summed E-state index contributed by atoms with van der Waals surface area (Å²) in [6, 6.07) is 0. The highest BCUT2D eigenvalue weighted by Gasteiger charge is 2.05. The van der Waals surface area contributed by atoms with Gasteiger partial charge in [-0.05, 0) is 0 Å². The third kappa shape index (κ3) is 3.69. The largest absolute Gasteiger partial charge is 0.478 e. The number of nitrogens with zero attached hydrogens (tertiary/aromatic N) is 1. The van der Waals surface area contributed by atoms with Crippen LogP contribution in [0.15, 0.2) is 12.2 Å². The standard InChI is InChI=1S/C6H11N3O3/c7-3-9(4-8)5(10)1-2-6(11)12/h1-2H,3-4,7-8H2,(H,11,12)/b2-1-. The van der Waals surface area contributed by atoms with Gasteiger partial charge >= 0.3 is 5.97 Å². The molecule has 0 rings (SSSR count). The van der Waals surface area contributed by atoms with Crippen LogP contribution in [0.3, 0.4) is 0 Å². The molecule has 0 aromatic heterocycles. The Kier molecular flexibility index (Phi) is 4.66. The number of carboxylic acid groups (broad SMARTS) is 1. The second-order valence-electron chi connectivity index (χ2n) is 1.91. The van der Waals surface area contributed by atoms with Crippen LogP contribution in [0.4, 0.5) is 0 Å². The molecule has 0 aliphatic heterocycles. The minimum absolute atomic E-state index is 0.0285. The van der Waals surface area contributed by atoms with Crippen LogP contribution >= 0.6 is 0 Å². The van der Waals surface area contributed by atoms with E-state index in [0.29, 0.717) is 0 Å². The first kappa shape index (κ1) is 10.6. The van der Waals surface area contributed by atoms with Crippen molar-refractivity contribution in [3.8, 4) is 0 Å². The average molecular weight is 173 g/mol. The van der Waals surface area contributed by atoms with Crippen LogP contribution < -0.4 is 11.5 Å². The fourth-order valence-corrected chi connectivity index (χ4v) is 0.502. The maximum absolute atomic E-state index is 10.9. The lowest BCUT2D eigenvalue weighted by Crippen LogP contribution is -2.39. The predicted octanol–water partition coefficient (Wildman–Crippen LogP) is -1.71. The van der Waals surface area contributed by atoms with E-state index in [4.69, 9.17) is 16.6 Å². The molecule has 0 heterocycles. The lowest BCUT2D eigenvalue weighted by atomic mass is 10.4. The van der Waals surface area contributed by atoms with Gasteiger partial charge in [-0.1, -0.05) is 0 Å². The number of rotatable bonds is 4. The van der Waals surface area contributed by atoms with Gasteiger partial charge in [0, 0.05) is 12.2 Å². The van der Waals surface area contributed by atoms with Crippen molar-refractivity contribution in [2.24, 2.45) is 11.5 Å². The summed E-state index contributed by atoms with van der Waals surface area (Å²) in [5.74, 6) is -1.69. The molecule has 0 saturated carbocycles. The van der Waals surface area contributed by atoms with Gasteiger partial charge in [-0.15, -0.1) is 0 Å². The highest BCUT2D eigenvalue weighted by Crippen LogP contribution is 1.85. The van der Waals surface area contributed by atoms with Crippen LogP contribution in [0.25, 0.3) is 0 Å². The topological polar surface area (TPSA) is 110 Å². The summed E-state index contributed by atoms with van der Waals surface area (Å²) >= 11 is 0. The SMILES string of the molecule is NCN(CN)C(=O)/C=C\C(=O)O. The summed E-state index contributed by atoms with van der Waals surface area (Å²) < 4.78 is 0. The molecule has 12 heavy (non-hydrogen) atoms. The zero-order valence-electron chi connectivity index (χ0n) is 6.43. The molecule has 1 amide bonds. The van der Waals surface area contributed by atoms with Crippen molar-refractivity contribution in [1.82, 2.24) is 4.90 Å². The number of amides is 1. The zero-order valence-corrected chi connectivity index (χ0v) is 6.43. The molecular formula is C6H11N3O3. The molecule has 0 bridgehead atoms. The number of hydrogen-bond acceptors (Lipinski definition) is 4. The minimum Gasteiger partial charge on any atom is -0.478 e. The molecular weight excluding hydrogens is 162 g/mol. The summed E-state index contributed by atoms with van der Waals surface area (Å²) in [6.45, 7) is -0.0570. The normalized spacial score (nSPS) is 10.2. The Morgan fingerprint density at radius 2 is 1.75 bits per heavy atom. The number of carbonyl (C=O) groups excluding carboxylic acids is 1. The Morgan fingerprint density at radius 3 is 2.08 bits per heavy atom. The van der Waals surface area contributed by atoms with Gasteiger partial charge in [0.05, 0.1) is 13.3 Å². The zero-order chi connectivity index (χ0) is 9.56. The highest BCUT2D eigenvalue weighted by molar-refractivity contribution is 5.93. The fourth-order valence-electron chi connectivity index (χ4n) is 0.502. The Hall–Kier alpha value is -1.40. The summed E-state index contributed by atoms with van der Waals surface area (Å²) in [5.41, 5.74) is 10.3. The molecule has 0 saturated heterocycles. The van der Waals surface area contributed by atoms with E-state index in [0.717, 1.165) is 17.1 Å². The van der Waals surface area contributed by atoms with Crippen LogP contribution in [-0.2, 0) is 9.59 Å². The van der Waals surface area contributed by atoms with Gasteiger partial charge in [-0.2, -0.15) is 0 Å². The molecule has 0 aliphatic rings. The monoisotopic (exact) mass is 173 g/mol. The molecule has 0 spiro atoms. The maximum Gasteiger partial charge on any atom is 0.328 e. The molecule has 0 aliphatic carbocycles. The Labute approximate surface area is 69.4 Å². The third-order valence-corrected chi connectivity index (χ3v) is 1.12. The van der Waals surface area contributed by atoms with Crippen molar-refractivity contribution < 1.29 is 14.7 Å². The first-order valence-corrected chi connectivity index (χ1v) is 3.22. The van der Waals surface area contributed by atoms with Gasteiger partial charge in [-0.25, -0.2) is 4.79 Å². The second-order valence-corrected chi connectivity index (χ2v) is 1.91. The van der Waals surface area contributed by atoms with Gasteiger partial charge in [0.2, 0.25) is 5.91 Å². The molecule has 6 heteroatoms. The first-order valence-electron chi connectivity index (χ1n) is 3.22. The van der Waals surface area contributed by atoms with Crippen LogP contribution in [0.5, 0.6) is 0 Å². The van der Waals surface area contributed by atoms with Crippen molar-refractivity contribution in [3.05, 3.63) is 12.2 Å². The van der Waals surface area contributed by atoms with Crippen molar-refractivity contribution in [1.29, 1.82) is 0 Å². The van der Waals surface area contributed by atoms with Crippen molar-refractivity contribution in [3.63, 3.8) is 0 Å². The van der Waals surface area contributed by atoms with E-state index in [9.17, 15) is 9.59 Å². The lowest BCUT2D eigenvalue weighted by molar-refractivity contribution is -0.132. The summed E-state index contributed by atoms with van der Waals surface area (Å²) in [7, 11) is 0. The molecule has 0 unspecified atom stereocenters. The van der Waals surface area contributed by atoms with Gasteiger partial charge in [-0.3, -0.25) is 4.79 Å². The minimum atomic E-state index is -1.18. The van der Waals surface area contributed by atoms with Crippen molar-refractivity contribution >= 4 is 11.9 Å². The fraction of sp³-hybridized carbons (Fsp3) is 0.333. The average Bonchev–Trinajstić information content (AvgIpc) is 2.03. The van der Waals surface area contributed by atoms with Gasteiger partial charge in [0.1, 0.15) is 0 Å². The molecule has 68 valence electrons. The quantitative estimate of drug-likeness (QED) is 0.346. The van der Waals surface area contributed by atoms with Crippen LogP contribution in [-0.4, -0.2) is 35.2 Å². The third-order valence-electron chi connectivity index (χ3n) is 1.12. The van der Waals surface area contributed by atoms with E-state index >= 15 is 0 Å². The van der Waals surface area contributed by atoms with E-state index in [1.807, 2.05) is 0 Å². The van der Waals surface area contributed by atoms with E-state index < -0.39 is 11.9 Å². The molecule has 5 N–H and O–H groups in total. The van der Waals surface area contributed by atoms with Crippen LogP contribution in [0, 0.1) is 0 Å². The summed E-state index contributed by atoms with van der Waals surface area (Å²) in [4.78, 5) is 22.0. The number of carboxylic acids is 1. The summed E-state index contributed by atoms with van der Waals surface area (Å²) in [6.07, 6.45) is 1.64. The second kappa shape index (κ2) is 5.28. The number of hydrogen-bond donors (Lipinski definition) is 3. The maximum atomic E-state index is 10.9. The Bertz CT molecular complexity index is 198. The number of nitrogens with two attached hydrogens (primary N) is 2. The van der Waals surface area contributed by atoms with Gasteiger partial charge < -0.3 is 21.5 Å². The predicted molar refractivity (Wildman–Crippen MR) is 41.7 cm³/mol. The molecule has 0 aromatic rings. The van der Waals surface area contributed by atoms with Gasteiger partial charge in [0.15, 0.2) is 0 Å². The number of carbonyl (C=O) groups is 2. The molecule has 0 atom stereocenters. The smallest absolute Gasteiger partial charge is 0.328 e. The van der Waals surface area contributed by atoms with E-state index in [1.54, 1.807) is 0 Å². The Balaban J connectivity index is 4.10. The first-order chi connectivity index (χ1) is 5.61. The van der Waals surface area contributed by atoms with Crippen molar-refractivity contribution in [2.45, 2.75) is 0 Å². The molecule has 6 nitrogen and oxygen atoms in total. The van der Waals surface area contributed by atoms with Crippen molar-refractivity contribution in [2.75, 3.05) is 13.3 Å². The molecule has 0 radical (unpaired) electrons.